The van der Waals surface area contributed by atoms with E-state index in [2.05, 4.69) is 44.7 Å². The molecule has 0 rings (SSSR count). The van der Waals surface area contributed by atoms with Crippen LogP contribution in [0.3, 0.4) is 0 Å². The predicted molar refractivity (Wildman–Crippen MR) is 194 cm³/mol. The second-order valence-electron chi connectivity index (χ2n) is 12.6. The molecule has 0 aromatic carbocycles. The number of rotatable bonds is 35. The molecule has 0 spiro atoms. The van der Waals surface area contributed by atoms with Gasteiger partial charge in [-0.1, -0.05) is 147 Å². The van der Waals surface area contributed by atoms with E-state index < -0.39 is 9.53 Å². The third-order valence-corrected chi connectivity index (χ3v) is 9.47. The van der Waals surface area contributed by atoms with Gasteiger partial charge in [-0.3, -0.25) is 9.59 Å². The van der Waals surface area contributed by atoms with Gasteiger partial charge in [-0.15, -0.1) is 6.58 Å². The van der Waals surface area contributed by atoms with Crippen molar-refractivity contribution in [3.63, 3.8) is 0 Å². The summed E-state index contributed by atoms with van der Waals surface area (Å²) in [7, 11) is -2.84. The van der Waals surface area contributed by atoms with E-state index in [4.69, 9.17) is 13.3 Å². The highest BCUT2D eigenvalue weighted by molar-refractivity contribution is 6.41. The van der Waals surface area contributed by atoms with Crippen LogP contribution in [-0.2, 0) is 22.9 Å². The fourth-order valence-corrected chi connectivity index (χ4v) is 6.39. The summed E-state index contributed by atoms with van der Waals surface area (Å²) in [4.78, 5) is 24.7. The van der Waals surface area contributed by atoms with E-state index in [0.29, 0.717) is 12.8 Å². The molecule has 0 unspecified atom stereocenters. The molecule has 45 heavy (non-hydrogen) atoms. The van der Waals surface area contributed by atoms with E-state index in [1.807, 2.05) is 0 Å². The first-order valence-electron chi connectivity index (χ1n) is 19.0. The monoisotopic (exact) mass is 649 g/mol. The van der Waals surface area contributed by atoms with E-state index in [1.54, 1.807) is 6.08 Å². The summed E-state index contributed by atoms with van der Waals surface area (Å²) in [5.74, 6) is -0.663. The molecular formula is C39H72O5Si. The second-order valence-corrected chi connectivity index (χ2v) is 13.9. The highest BCUT2D eigenvalue weighted by Crippen LogP contribution is 2.13. The summed E-state index contributed by atoms with van der Waals surface area (Å²) in [6.45, 7) is 8.37. The summed E-state index contributed by atoms with van der Waals surface area (Å²) < 4.78 is 16.4. The van der Waals surface area contributed by atoms with E-state index >= 15 is 0 Å². The maximum Gasteiger partial charge on any atom is 0.620 e. The lowest BCUT2D eigenvalue weighted by Gasteiger charge is -2.15. The normalized spacial score (nSPS) is 11.6. The minimum atomic E-state index is -2.84. The van der Waals surface area contributed by atoms with Gasteiger partial charge in [-0.05, 0) is 64.2 Å². The van der Waals surface area contributed by atoms with Gasteiger partial charge < -0.3 is 13.3 Å². The van der Waals surface area contributed by atoms with E-state index in [0.717, 1.165) is 51.4 Å². The van der Waals surface area contributed by atoms with E-state index in [9.17, 15) is 9.59 Å². The minimum Gasteiger partial charge on any atom is -0.467 e. The molecule has 0 aromatic heterocycles. The van der Waals surface area contributed by atoms with Crippen molar-refractivity contribution >= 4 is 21.5 Å². The third-order valence-electron chi connectivity index (χ3n) is 8.09. The fraction of sp³-hybridized carbons (Fsp3) is 0.795. The SMILES string of the molecule is C=CCO[SiH](OC(=O)CCCCCCC/C=C\CCCCCCCC)OC(=O)CCCCCCC/C=C\CCCCCCCC. The summed E-state index contributed by atoms with van der Waals surface area (Å²) in [6, 6.07) is 0. The molecule has 0 saturated carbocycles. The zero-order chi connectivity index (χ0) is 32.9. The quantitative estimate of drug-likeness (QED) is 0.0389. The summed E-state index contributed by atoms with van der Waals surface area (Å²) in [5.41, 5.74) is 0. The van der Waals surface area contributed by atoms with Gasteiger partial charge in [0.15, 0.2) is 0 Å². The highest BCUT2D eigenvalue weighted by atomic mass is 28.3. The zero-order valence-electron chi connectivity index (χ0n) is 29.7. The van der Waals surface area contributed by atoms with Gasteiger partial charge in [0.05, 0.1) is 6.61 Å². The van der Waals surface area contributed by atoms with Crippen LogP contribution in [0.25, 0.3) is 0 Å². The molecule has 0 aliphatic carbocycles. The Balaban J connectivity index is 3.80. The summed E-state index contributed by atoms with van der Waals surface area (Å²) in [6.07, 6.45) is 43.2. The van der Waals surface area contributed by atoms with Crippen LogP contribution in [0.2, 0.25) is 0 Å². The van der Waals surface area contributed by atoms with Gasteiger partial charge in [0.25, 0.3) is 11.9 Å². The van der Waals surface area contributed by atoms with E-state index in [-0.39, 0.29) is 18.5 Å². The Morgan fingerprint density at radius 1 is 0.489 bits per heavy atom. The summed E-state index contributed by atoms with van der Waals surface area (Å²) >= 11 is 0. The first-order chi connectivity index (χ1) is 22.1. The first-order valence-corrected chi connectivity index (χ1v) is 20.5. The highest BCUT2D eigenvalue weighted by Gasteiger charge is 2.24. The van der Waals surface area contributed by atoms with Crippen LogP contribution in [0.1, 0.15) is 194 Å². The number of allylic oxidation sites excluding steroid dienone is 4. The number of carbonyl (C=O) groups excluding carboxylic acids is 2. The predicted octanol–water partition coefficient (Wildman–Crippen LogP) is 12.1. The Morgan fingerprint density at radius 3 is 1.13 bits per heavy atom. The van der Waals surface area contributed by atoms with Crippen molar-refractivity contribution in [1.82, 2.24) is 0 Å². The van der Waals surface area contributed by atoms with Crippen molar-refractivity contribution in [1.29, 1.82) is 0 Å². The van der Waals surface area contributed by atoms with Crippen LogP contribution >= 0.6 is 0 Å². The Kier molecular flexibility index (Phi) is 35.4. The molecule has 0 N–H and O–H groups in total. The molecular weight excluding hydrogens is 577 g/mol. The van der Waals surface area contributed by atoms with Crippen molar-refractivity contribution in [3.05, 3.63) is 37.0 Å². The molecule has 6 heteroatoms. The number of carbonyl (C=O) groups is 2. The second kappa shape index (κ2) is 36.8. The van der Waals surface area contributed by atoms with Crippen LogP contribution in [0.5, 0.6) is 0 Å². The lowest BCUT2D eigenvalue weighted by atomic mass is 10.1. The maximum atomic E-state index is 12.3. The van der Waals surface area contributed by atoms with Gasteiger partial charge in [0.1, 0.15) is 0 Å². The largest absolute Gasteiger partial charge is 0.620 e. The van der Waals surface area contributed by atoms with Crippen molar-refractivity contribution in [3.8, 4) is 0 Å². The summed E-state index contributed by atoms with van der Waals surface area (Å²) in [5, 5.41) is 0. The number of unbranched alkanes of at least 4 members (excludes halogenated alkanes) is 22. The Labute approximate surface area is 281 Å². The van der Waals surface area contributed by atoms with Gasteiger partial charge in [0.2, 0.25) is 0 Å². The molecule has 0 aliphatic rings. The van der Waals surface area contributed by atoms with Crippen molar-refractivity contribution in [2.75, 3.05) is 6.61 Å². The average Bonchev–Trinajstić information content (AvgIpc) is 3.03. The maximum absolute atomic E-state index is 12.3. The Morgan fingerprint density at radius 2 is 0.800 bits per heavy atom. The van der Waals surface area contributed by atoms with Crippen LogP contribution < -0.4 is 0 Å². The molecule has 0 aromatic rings. The van der Waals surface area contributed by atoms with Crippen LogP contribution in [0, 0.1) is 0 Å². The van der Waals surface area contributed by atoms with Gasteiger partial charge >= 0.3 is 9.53 Å². The van der Waals surface area contributed by atoms with E-state index in [1.165, 1.54) is 116 Å². The molecule has 0 amide bonds. The zero-order valence-corrected chi connectivity index (χ0v) is 30.9. The van der Waals surface area contributed by atoms with Crippen molar-refractivity contribution in [2.45, 2.75) is 194 Å². The van der Waals surface area contributed by atoms with Gasteiger partial charge in [-0.25, -0.2) is 0 Å². The number of hydrogen-bond donors (Lipinski definition) is 0. The van der Waals surface area contributed by atoms with Crippen LogP contribution in [-0.4, -0.2) is 28.1 Å². The lowest BCUT2D eigenvalue weighted by Crippen LogP contribution is -2.32. The topological polar surface area (TPSA) is 61.8 Å². The molecule has 0 bridgehead atoms. The van der Waals surface area contributed by atoms with Crippen LogP contribution in [0.4, 0.5) is 0 Å². The Bertz CT molecular complexity index is 666. The molecule has 0 radical (unpaired) electrons. The fourth-order valence-electron chi connectivity index (χ4n) is 5.25. The first kappa shape index (κ1) is 43.3. The Hall–Kier alpha value is -1.66. The van der Waals surface area contributed by atoms with Crippen LogP contribution in [0.15, 0.2) is 37.0 Å². The average molecular weight is 649 g/mol. The lowest BCUT2D eigenvalue weighted by molar-refractivity contribution is -0.143. The molecule has 0 saturated heterocycles. The van der Waals surface area contributed by atoms with Crippen molar-refractivity contribution in [2.24, 2.45) is 0 Å². The molecule has 0 fully saturated rings. The van der Waals surface area contributed by atoms with Gasteiger partial charge in [-0.2, -0.15) is 0 Å². The molecule has 0 aliphatic heterocycles. The standard InChI is InChI=1S/C39H72O5Si/c1-4-7-9-11-13-15-17-19-21-23-25-27-29-31-33-35-38(40)43-45(42-37-6-3)44-39(41)36-34-32-30-28-26-24-22-20-18-16-14-12-10-8-5-2/h6,19-22,45H,3-5,7-18,23-37H2,1-2H3/b21-19-,22-20-. The molecule has 0 atom stereocenters. The smallest absolute Gasteiger partial charge is 0.467 e. The molecule has 0 heterocycles. The van der Waals surface area contributed by atoms with Crippen molar-refractivity contribution < 1.29 is 22.9 Å². The van der Waals surface area contributed by atoms with Gasteiger partial charge in [0, 0.05) is 12.8 Å². The number of hydrogen-bond acceptors (Lipinski definition) is 5. The minimum absolute atomic E-state index is 0.207. The third kappa shape index (κ3) is 35.0. The molecule has 5 nitrogen and oxygen atoms in total. The molecule has 262 valence electrons.